The van der Waals surface area contributed by atoms with E-state index in [9.17, 15) is 4.79 Å². The number of hydrazone groups is 1. The first-order valence-electron chi connectivity index (χ1n) is 5.08. The number of hydrogen-bond acceptors (Lipinski definition) is 4. The topological polar surface area (TPSA) is 59.9 Å². The quantitative estimate of drug-likeness (QED) is 0.765. The second kappa shape index (κ2) is 3.52. The molecule has 5 heteroatoms. The Labute approximate surface area is 92.0 Å². The van der Waals surface area contributed by atoms with Crippen LogP contribution in [0.15, 0.2) is 23.3 Å². The Bertz CT molecular complexity index is 482. The largest absolute Gasteiger partial charge is 0.454 e. The number of nitrogens with zero attached hydrogens (tertiary/aromatic N) is 1. The zero-order chi connectivity index (χ0) is 11.0. The molecule has 82 valence electrons. The van der Waals surface area contributed by atoms with Crippen molar-refractivity contribution in [3.8, 4) is 11.5 Å². The van der Waals surface area contributed by atoms with Gasteiger partial charge in [-0.25, -0.2) is 5.43 Å². The van der Waals surface area contributed by atoms with Gasteiger partial charge < -0.3 is 9.47 Å². The summed E-state index contributed by atoms with van der Waals surface area (Å²) in [4.78, 5) is 11.0. The maximum absolute atomic E-state index is 11.0. The first-order valence-corrected chi connectivity index (χ1v) is 5.08. The van der Waals surface area contributed by atoms with Gasteiger partial charge in [-0.05, 0) is 18.2 Å². The Morgan fingerprint density at radius 1 is 1.19 bits per heavy atom. The predicted octanol–water partition coefficient (Wildman–Crippen LogP) is 1.03. The number of nitrogens with one attached hydrogen (secondary N) is 1. The Morgan fingerprint density at radius 2 is 2.06 bits per heavy atom. The molecule has 2 aliphatic heterocycles. The van der Waals surface area contributed by atoms with Gasteiger partial charge in [0.05, 0.1) is 5.71 Å². The molecule has 5 nitrogen and oxygen atoms in total. The summed E-state index contributed by atoms with van der Waals surface area (Å²) < 4.78 is 10.5. The van der Waals surface area contributed by atoms with Crippen LogP contribution in [0.25, 0.3) is 0 Å². The molecule has 1 aromatic rings. The monoisotopic (exact) mass is 218 g/mol. The molecule has 16 heavy (non-hydrogen) atoms. The van der Waals surface area contributed by atoms with Crippen molar-refractivity contribution in [1.82, 2.24) is 5.43 Å². The molecule has 0 fully saturated rings. The highest BCUT2D eigenvalue weighted by Crippen LogP contribution is 2.33. The SMILES string of the molecule is O=C1CCC(c2ccc3c(c2)OCO3)=NN1. The number of hydrogen-bond donors (Lipinski definition) is 1. The van der Waals surface area contributed by atoms with Crippen LogP contribution in [0.1, 0.15) is 18.4 Å². The Balaban J connectivity index is 1.92. The summed E-state index contributed by atoms with van der Waals surface area (Å²) in [6.45, 7) is 0.266. The zero-order valence-corrected chi connectivity index (χ0v) is 8.53. The molecule has 0 saturated carbocycles. The van der Waals surface area contributed by atoms with E-state index in [2.05, 4.69) is 10.5 Å². The number of rotatable bonds is 1. The lowest BCUT2D eigenvalue weighted by molar-refractivity contribution is -0.121. The van der Waals surface area contributed by atoms with Crippen LogP contribution in [-0.2, 0) is 4.79 Å². The predicted molar refractivity (Wildman–Crippen MR) is 56.5 cm³/mol. The van der Waals surface area contributed by atoms with Gasteiger partial charge in [0.25, 0.3) is 0 Å². The molecule has 0 saturated heterocycles. The fourth-order valence-electron chi connectivity index (χ4n) is 1.76. The van der Waals surface area contributed by atoms with Gasteiger partial charge in [0.15, 0.2) is 11.5 Å². The zero-order valence-electron chi connectivity index (χ0n) is 8.53. The maximum atomic E-state index is 11.0. The van der Waals surface area contributed by atoms with E-state index in [0.29, 0.717) is 12.8 Å². The van der Waals surface area contributed by atoms with Crippen LogP contribution >= 0.6 is 0 Å². The molecule has 1 N–H and O–H groups in total. The van der Waals surface area contributed by atoms with E-state index in [1.165, 1.54) is 0 Å². The minimum Gasteiger partial charge on any atom is -0.454 e. The van der Waals surface area contributed by atoms with Crippen molar-refractivity contribution in [2.24, 2.45) is 5.10 Å². The van der Waals surface area contributed by atoms with E-state index in [-0.39, 0.29) is 12.7 Å². The third-order valence-electron chi connectivity index (χ3n) is 2.61. The van der Waals surface area contributed by atoms with Crippen molar-refractivity contribution >= 4 is 11.6 Å². The molecule has 1 aromatic carbocycles. The second-order valence-corrected chi connectivity index (χ2v) is 3.66. The molecule has 0 spiro atoms. The summed E-state index contributed by atoms with van der Waals surface area (Å²) in [5.41, 5.74) is 4.31. The minimum absolute atomic E-state index is 0.0375. The molecule has 0 aromatic heterocycles. The van der Waals surface area contributed by atoms with Gasteiger partial charge in [-0.2, -0.15) is 5.10 Å². The molecular weight excluding hydrogens is 208 g/mol. The molecule has 2 aliphatic rings. The lowest BCUT2D eigenvalue weighted by Crippen LogP contribution is -2.25. The molecule has 1 amide bonds. The van der Waals surface area contributed by atoms with E-state index < -0.39 is 0 Å². The number of carbonyl (C=O) groups is 1. The molecular formula is C11H10N2O3. The van der Waals surface area contributed by atoms with Gasteiger partial charge >= 0.3 is 0 Å². The molecule has 3 rings (SSSR count). The Morgan fingerprint density at radius 3 is 2.88 bits per heavy atom. The van der Waals surface area contributed by atoms with Crippen molar-refractivity contribution < 1.29 is 14.3 Å². The normalized spacial score (nSPS) is 18.0. The third-order valence-corrected chi connectivity index (χ3v) is 2.61. The van der Waals surface area contributed by atoms with E-state index in [1.54, 1.807) is 0 Å². The highest BCUT2D eigenvalue weighted by molar-refractivity contribution is 6.04. The van der Waals surface area contributed by atoms with Gasteiger partial charge in [-0.15, -0.1) is 0 Å². The summed E-state index contributed by atoms with van der Waals surface area (Å²) in [5, 5.41) is 4.03. The highest BCUT2D eigenvalue weighted by Gasteiger charge is 2.17. The van der Waals surface area contributed by atoms with Crippen molar-refractivity contribution in [1.29, 1.82) is 0 Å². The summed E-state index contributed by atoms with van der Waals surface area (Å²) in [6.07, 6.45) is 1.14. The minimum atomic E-state index is -0.0375. The van der Waals surface area contributed by atoms with Crippen LogP contribution in [0.5, 0.6) is 11.5 Å². The number of benzene rings is 1. The fourth-order valence-corrected chi connectivity index (χ4v) is 1.76. The first-order chi connectivity index (χ1) is 7.83. The third kappa shape index (κ3) is 1.50. The van der Waals surface area contributed by atoms with E-state index >= 15 is 0 Å². The van der Waals surface area contributed by atoms with Gasteiger partial charge in [-0.3, -0.25) is 4.79 Å². The Kier molecular flexibility index (Phi) is 2.02. The molecule has 0 aliphatic carbocycles. The van der Waals surface area contributed by atoms with Crippen LogP contribution in [0.2, 0.25) is 0 Å². The number of amides is 1. The van der Waals surface area contributed by atoms with Crippen molar-refractivity contribution in [3.63, 3.8) is 0 Å². The van der Waals surface area contributed by atoms with Crippen LogP contribution < -0.4 is 14.9 Å². The molecule has 2 heterocycles. The molecule has 0 atom stereocenters. The maximum Gasteiger partial charge on any atom is 0.240 e. The van der Waals surface area contributed by atoms with Crippen molar-refractivity contribution in [2.45, 2.75) is 12.8 Å². The van der Waals surface area contributed by atoms with Crippen molar-refractivity contribution in [3.05, 3.63) is 23.8 Å². The van der Waals surface area contributed by atoms with Crippen LogP contribution in [0.3, 0.4) is 0 Å². The summed E-state index contributed by atoms with van der Waals surface area (Å²) in [7, 11) is 0. The van der Waals surface area contributed by atoms with Gasteiger partial charge in [0, 0.05) is 18.4 Å². The number of carbonyl (C=O) groups excluding carboxylic acids is 1. The van der Waals surface area contributed by atoms with Gasteiger partial charge in [0.1, 0.15) is 0 Å². The van der Waals surface area contributed by atoms with Crippen molar-refractivity contribution in [2.75, 3.05) is 6.79 Å². The molecule has 0 bridgehead atoms. The lowest BCUT2D eigenvalue weighted by atomic mass is 10.0. The average Bonchev–Trinajstić information content (AvgIpc) is 2.77. The van der Waals surface area contributed by atoms with Crippen LogP contribution in [-0.4, -0.2) is 18.4 Å². The summed E-state index contributed by atoms with van der Waals surface area (Å²) in [5.74, 6) is 1.45. The summed E-state index contributed by atoms with van der Waals surface area (Å²) >= 11 is 0. The van der Waals surface area contributed by atoms with Gasteiger partial charge in [0.2, 0.25) is 12.7 Å². The van der Waals surface area contributed by atoms with E-state index in [1.807, 2.05) is 18.2 Å². The average molecular weight is 218 g/mol. The van der Waals surface area contributed by atoms with E-state index in [0.717, 1.165) is 22.8 Å². The van der Waals surface area contributed by atoms with Gasteiger partial charge in [-0.1, -0.05) is 0 Å². The number of ether oxygens (including phenoxy) is 2. The standard InChI is InChI=1S/C11H10N2O3/c14-11-4-2-8(12-13-11)7-1-3-9-10(5-7)16-6-15-9/h1,3,5H,2,4,6H2,(H,13,14). The fraction of sp³-hybridized carbons (Fsp3) is 0.273. The van der Waals surface area contributed by atoms with Crippen LogP contribution in [0, 0.1) is 0 Å². The van der Waals surface area contributed by atoms with Crippen LogP contribution in [0.4, 0.5) is 0 Å². The molecule has 0 radical (unpaired) electrons. The lowest BCUT2D eigenvalue weighted by Gasteiger charge is -2.12. The Hall–Kier alpha value is -2.04. The van der Waals surface area contributed by atoms with E-state index in [4.69, 9.17) is 9.47 Å². The molecule has 0 unspecified atom stereocenters. The number of fused-ring (bicyclic) bond motifs is 1. The summed E-state index contributed by atoms with van der Waals surface area (Å²) in [6, 6.07) is 5.67. The first kappa shape index (κ1) is 9.21. The highest BCUT2D eigenvalue weighted by atomic mass is 16.7. The smallest absolute Gasteiger partial charge is 0.240 e. The second-order valence-electron chi connectivity index (χ2n) is 3.66.